The molecular weight excluding hydrogens is 498 g/mol. The summed E-state index contributed by atoms with van der Waals surface area (Å²) in [5, 5.41) is 3.38. The number of hydrogen-bond acceptors (Lipinski definition) is 4. The van der Waals surface area contributed by atoms with E-state index in [0.717, 1.165) is 56.5 Å². The van der Waals surface area contributed by atoms with E-state index in [9.17, 15) is 4.39 Å². The van der Waals surface area contributed by atoms with Crippen LogP contribution in [-0.2, 0) is 11.3 Å². The Balaban J connectivity index is 0.00000320. The zero-order chi connectivity index (χ0) is 20.5. The molecule has 1 aliphatic rings. The number of ether oxygens (including phenoxy) is 2. The quantitative estimate of drug-likeness (QED) is 0.327. The van der Waals surface area contributed by atoms with Crippen molar-refractivity contribution < 1.29 is 13.9 Å². The standard InChI is InChI=1S/C22H29FN4O2.HI/c1-24-22(27(2)12-9-17-10-13-28-14-11-17)26-16-18-3-8-21(25-15-18)29-20-6-4-19(23)5-7-20;/h3-8,15,17H,9-14,16H2,1-2H3,(H,24,26);1H. The van der Waals surface area contributed by atoms with Crippen molar-refractivity contribution >= 4 is 29.9 Å². The van der Waals surface area contributed by atoms with Crippen molar-refractivity contribution in [3.8, 4) is 11.6 Å². The Bertz CT molecular complexity index is 781. The highest BCUT2D eigenvalue weighted by Crippen LogP contribution is 2.20. The molecule has 0 bridgehead atoms. The molecule has 0 amide bonds. The van der Waals surface area contributed by atoms with Crippen molar-refractivity contribution in [1.29, 1.82) is 0 Å². The highest BCUT2D eigenvalue weighted by atomic mass is 127. The van der Waals surface area contributed by atoms with Crippen LogP contribution in [0.15, 0.2) is 47.6 Å². The summed E-state index contributed by atoms with van der Waals surface area (Å²) < 4.78 is 24.0. The maximum atomic E-state index is 13.0. The van der Waals surface area contributed by atoms with Gasteiger partial charge in [-0.1, -0.05) is 6.07 Å². The van der Waals surface area contributed by atoms with E-state index in [1.807, 2.05) is 6.07 Å². The Kier molecular flexibility index (Phi) is 10.3. The molecule has 1 saturated heterocycles. The molecule has 1 aromatic carbocycles. The summed E-state index contributed by atoms with van der Waals surface area (Å²) in [7, 11) is 3.86. The van der Waals surface area contributed by atoms with Gasteiger partial charge in [0.2, 0.25) is 5.88 Å². The van der Waals surface area contributed by atoms with Crippen LogP contribution in [0, 0.1) is 11.7 Å². The molecule has 6 nitrogen and oxygen atoms in total. The van der Waals surface area contributed by atoms with Crippen LogP contribution in [0.3, 0.4) is 0 Å². The lowest BCUT2D eigenvalue weighted by Crippen LogP contribution is -2.39. The summed E-state index contributed by atoms with van der Waals surface area (Å²) in [6, 6.07) is 9.63. The van der Waals surface area contributed by atoms with Crippen molar-refractivity contribution in [3.63, 3.8) is 0 Å². The van der Waals surface area contributed by atoms with E-state index in [1.54, 1.807) is 31.4 Å². The molecule has 8 heteroatoms. The number of nitrogens with zero attached hydrogens (tertiary/aromatic N) is 3. The predicted molar refractivity (Wildman–Crippen MR) is 127 cm³/mol. The van der Waals surface area contributed by atoms with Crippen LogP contribution in [0.5, 0.6) is 11.6 Å². The lowest BCUT2D eigenvalue weighted by atomic mass is 9.96. The smallest absolute Gasteiger partial charge is 0.219 e. The zero-order valence-electron chi connectivity index (χ0n) is 17.5. The first-order chi connectivity index (χ1) is 14.1. The third-order valence-corrected chi connectivity index (χ3v) is 5.07. The Hall–Kier alpha value is -1.94. The number of benzene rings is 1. The first-order valence-corrected chi connectivity index (χ1v) is 10.0. The summed E-state index contributed by atoms with van der Waals surface area (Å²) in [4.78, 5) is 10.9. The van der Waals surface area contributed by atoms with Crippen LogP contribution in [0.2, 0.25) is 0 Å². The summed E-state index contributed by atoms with van der Waals surface area (Å²) in [5.41, 5.74) is 1.02. The van der Waals surface area contributed by atoms with Gasteiger partial charge in [0.25, 0.3) is 0 Å². The fourth-order valence-corrected chi connectivity index (χ4v) is 3.28. The SMILES string of the molecule is CN=C(NCc1ccc(Oc2ccc(F)cc2)nc1)N(C)CCC1CCOCC1.I. The highest BCUT2D eigenvalue weighted by Gasteiger charge is 2.15. The second-order valence-electron chi connectivity index (χ2n) is 7.23. The van der Waals surface area contributed by atoms with Gasteiger partial charge >= 0.3 is 0 Å². The minimum Gasteiger partial charge on any atom is -0.439 e. The molecule has 1 aliphatic heterocycles. The largest absolute Gasteiger partial charge is 0.439 e. The second-order valence-corrected chi connectivity index (χ2v) is 7.23. The average Bonchev–Trinajstić information content (AvgIpc) is 2.76. The van der Waals surface area contributed by atoms with Gasteiger partial charge in [-0.25, -0.2) is 9.37 Å². The number of aromatic nitrogens is 1. The molecule has 1 aromatic heterocycles. The van der Waals surface area contributed by atoms with Gasteiger partial charge in [-0.05, 0) is 55.0 Å². The maximum Gasteiger partial charge on any atom is 0.219 e. The fraction of sp³-hybridized carbons (Fsp3) is 0.455. The van der Waals surface area contributed by atoms with Crippen LogP contribution in [0.25, 0.3) is 0 Å². The monoisotopic (exact) mass is 528 g/mol. The fourth-order valence-electron chi connectivity index (χ4n) is 3.28. The van der Waals surface area contributed by atoms with Crippen molar-refractivity contribution in [2.75, 3.05) is 33.9 Å². The number of nitrogens with one attached hydrogen (secondary N) is 1. The van der Waals surface area contributed by atoms with Gasteiger partial charge in [0, 0.05) is 52.7 Å². The van der Waals surface area contributed by atoms with E-state index in [4.69, 9.17) is 9.47 Å². The summed E-state index contributed by atoms with van der Waals surface area (Å²) >= 11 is 0. The minimum absolute atomic E-state index is 0. The number of hydrogen-bond donors (Lipinski definition) is 1. The van der Waals surface area contributed by atoms with Crippen LogP contribution in [0.4, 0.5) is 4.39 Å². The van der Waals surface area contributed by atoms with Gasteiger partial charge in [-0.3, -0.25) is 4.99 Å². The number of pyridine rings is 1. The molecule has 0 aliphatic carbocycles. The number of guanidine groups is 1. The van der Waals surface area contributed by atoms with Crippen molar-refractivity contribution in [2.45, 2.75) is 25.8 Å². The molecular formula is C22H30FIN4O2. The lowest BCUT2D eigenvalue weighted by molar-refractivity contribution is 0.0625. The first kappa shape index (κ1) is 24.3. The van der Waals surface area contributed by atoms with Crippen LogP contribution < -0.4 is 10.1 Å². The molecule has 30 heavy (non-hydrogen) atoms. The molecule has 1 fully saturated rings. The third kappa shape index (κ3) is 7.71. The topological polar surface area (TPSA) is 59.0 Å². The molecule has 0 saturated carbocycles. The average molecular weight is 528 g/mol. The second kappa shape index (κ2) is 12.7. The van der Waals surface area contributed by atoms with Gasteiger partial charge in [-0.2, -0.15) is 0 Å². The predicted octanol–water partition coefficient (Wildman–Crippen LogP) is 4.45. The molecule has 164 valence electrons. The molecule has 2 aromatic rings. The van der Waals surface area contributed by atoms with E-state index in [2.05, 4.69) is 27.2 Å². The Labute approximate surface area is 194 Å². The van der Waals surface area contributed by atoms with Crippen molar-refractivity contribution in [2.24, 2.45) is 10.9 Å². The molecule has 3 rings (SSSR count). The number of rotatable bonds is 7. The van der Waals surface area contributed by atoms with E-state index in [1.165, 1.54) is 12.1 Å². The maximum absolute atomic E-state index is 13.0. The molecule has 0 unspecified atom stereocenters. The van der Waals surface area contributed by atoms with Crippen LogP contribution in [0.1, 0.15) is 24.8 Å². The minimum atomic E-state index is -0.294. The molecule has 0 atom stereocenters. The van der Waals surface area contributed by atoms with Gasteiger partial charge in [0.05, 0.1) is 0 Å². The van der Waals surface area contributed by atoms with Gasteiger partial charge < -0.3 is 19.7 Å². The lowest BCUT2D eigenvalue weighted by Gasteiger charge is -2.26. The molecule has 2 heterocycles. The molecule has 0 spiro atoms. The van der Waals surface area contributed by atoms with Gasteiger partial charge in [0.15, 0.2) is 5.96 Å². The normalized spacial score (nSPS) is 14.7. The Morgan fingerprint density at radius 3 is 2.60 bits per heavy atom. The summed E-state index contributed by atoms with van der Waals surface area (Å²) in [6.45, 7) is 3.36. The zero-order valence-corrected chi connectivity index (χ0v) is 19.8. The van der Waals surface area contributed by atoms with Crippen LogP contribution in [-0.4, -0.2) is 49.7 Å². The Morgan fingerprint density at radius 1 is 1.23 bits per heavy atom. The van der Waals surface area contributed by atoms with Crippen molar-refractivity contribution in [1.82, 2.24) is 15.2 Å². The van der Waals surface area contributed by atoms with Gasteiger partial charge in [-0.15, -0.1) is 24.0 Å². The van der Waals surface area contributed by atoms with E-state index in [0.29, 0.717) is 18.2 Å². The number of halogens is 2. The van der Waals surface area contributed by atoms with E-state index >= 15 is 0 Å². The number of aliphatic imine (C=N–C) groups is 1. The molecule has 0 radical (unpaired) electrons. The first-order valence-electron chi connectivity index (χ1n) is 10.0. The Morgan fingerprint density at radius 2 is 1.97 bits per heavy atom. The van der Waals surface area contributed by atoms with E-state index < -0.39 is 0 Å². The van der Waals surface area contributed by atoms with Crippen LogP contribution >= 0.6 is 24.0 Å². The molecule has 1 N–H and O–H groups in total. The van der Waals surface area contributed by atoms with E-state index in [-0.39, 0.29) is 29.8 Å². The summed E-state index contributed by atoms with van der Waals surface area (Å²) in [6.07, 6.45) is 5.22. The van der Waals surface area contributed by atoms with Crippen molar-refractivity contribution in [3.05, 3.63) is 54.0 Å². The summed E-state index contributed by atoms with van der Waals surface area (Å²) in [5.74, 6) is 2.33. The van der Waals surface area contributed by atoms with Gasteiger partial charge in [0.1, 0.15) is 11.6 Å². The highest BCUT2D eigenvalue weighted by molar-refractivity contribution is 14.0. The third-order valence-electron chi connectivity index (χ3n) is 5.07.